The van der Waals surface area contributed by atoms with Gasteiger partial charge in [0.05, 0.1) is 19.0 Å². The first-order valence-corrected chi connectivity index (χ1v) is 6.18. The fourth-order valence-corrected chi connectivity index (χ4v) is 1.87. The molecule has 0 aromatic carbocycles. The summed E-state index contributed by atoms with van der Waals surface area (Å²) in [7, 11) is -3.47. The van der Waals surface area contributed by atoms with Crippen molar-refractivity contribution in [3.8, 4) is 0 Å². The molecule has 0 bridgehead atoms. The zero-order chi connectivity index (χ0) is 11.2. The van der Waals surface area contributed by atoms with Crippen LogP contribution in [0.25, 0.3) is 0 Å². The monoisotopic (exact) mass is 225 g/mol. The highest BCUT2D eigenvalue weighted by Crippen LogP contribution is 2.02. The average Bonchev–Trinajstić information content (AvgIpc) is 2.11. The molecule has 0 saturated carbocycles. The second-order valence-corrected chi connectivity index (χ2v) is 5.43. The highest BCUT2D eigenvalue weighted by Gasteiger charge is 2.14. The largest absolute Gasteiger partial charge is 0.395 e. The lowest BCUT2D eigenvalue weighted by Crippen LogP contribution is -2.28. The van der Waals surface area contributed by atoms with Gasteiger partial charge in [0.25, 0.3) is 10.1 Å². The van der Waals surface area contributed by atoms with E-state index >= 15 is 0 Å². The highest BCUT2D eigenvalue weighted by atomic mass is 32.2. The van der Waals surface area contributed by atoms with Gasteiger partial charge in [-0.25, -0.2) is 0 Å². The van der Waals surface area contributed by atoms with Gasteiger partial charge in [-0.15, -0.1) is 0 Å². The summed E-state index contributed by atoms with van der Waals surface area (Å²) >= 11 is 0. The van der Waals surface area contributed by atoms with E-state index in [1.807, 2.05) is 13.8 Å². The van der Waals surface area contributed by atoms with Gasteiger partial charge in [-0.3, -0.25) is 4.18 Å². The fraction of sp³-hybridized carbons (Fsp3) is 1.00. The molecule has 0 aliphatic carbocycles. The molecule has 14 heavy (non-hydrogen) atoms. The van der Waals surface area contributed by atoms with Gasteiger partial charge in [0.2, 0.25) is 0 Å². The summed E-state index contributed by atoms with van der Waals surface area (Å²) in [6, 6.07) is -0.493. The zero-order valence-corrected chi connectivity index (χ0v) is 9.46. The third kappa shape index (κ3) is 7.25. The number of rotatable bonds is 7. The van der Waals surface area contributed by atoms with Crippen molar-refractivity contribution in [2.24, 2.45) is 11.7 Å². The van der Waals surface area contributed by atoms with E-state index in [0.717, 1.165) is 0 Å². The third-order valence-electron chi connectivity index (χ3n) is 1.55. The Morgan fingerprint density at radius 1 is 1.43 bits per heavy atom. The number of aliphatic hydroxyl groups is 1. The van der Waals surface area contributed by atoms with Crippen LogP contribution in [0.3, 0.4) is 0 Å². The summed E-state index contributed by atoms with van der Waals surface area (Å²) in [4.78, 5) is 0. The Labute approximate surface area is 85.4 Å². The van der Waals surface area contributed by atoms with Gasteiger partial charge < -0.3 is 10.8 Å². The summed E-state index contributed by atoms with van der Waals surface area (Å²) in [6.45, 7) is 3.72. The summed E-state index contributed by atoms with van der Waals surface area (Å²) in [5.41, 5.74) is 5.37. The maximum absolute atomic E-state index is 11.2. The van der Waals surface area contributed by atoms with Gasteiger partial charge in [0.15, 0.2) is 0 Å². The molecule has 0 aliphatic rings. The molecule has 0 radical (unpaired) electrons. The van der Waals surface area contributed by atoms with Crippen LogP contribution in [0.4, 0.5) is 0 Å². The minimum atomic E-state index is -3.47. The molecule has 1 atom stereocenters. The van der Waals surface area contributed by atoms with E-state index in [4.69, 9.17) is 15.0 Å². The van der Waals surface area contributed by atoms with Crippen LogP contribution in [0.15, 0.2) is 0 Å². The van der Waals surface area contributed by atoms with Crippen molar-refractivity contribution < 1.29 is 17.7 Å². The van der Waals surface area contributed by atoms with Crippen molar-refractivity contribution in [1.82, 2.24) is 0 Å². The van der Waals surface area contributed by atoms with Crippen LogP contribution in [0.1, 0.15) is 20.3 Å². The maximum atomic E-state index is 11.2. The Hall–Kier alpha value is -0.170. The van der Waals surface area contributed by atoms with Gasteiger partial charge >= 0.3 is 0 Å². The predicted octanol–water partition coefficient (Wildman–Crippen LogP) is -0.301. The summed E-state index contributed by atoms with van der Waals surface area (Å²) in [5, 5.41) is 8.59. The Balaban J connectivity index is 3.84. The second kappa shape index (κ2) is 6.34. The topological polar surface area (TPSA) is 89.6 Å². The molecule has 5 nitrogen and oxygen atoms in total. The molecular weight excluding hydrogens is 206 g/mol. The molecule has 0 spiro atoms. The van der Waals surface area contributed by atoms with Crippen LogP contribution >= 0.6 is 0 Å². The highest BCUT2D eigenvalue weighted by molar-refractivity contribution is 7.86. The lowest BCUT2D eigenvalue weighted by Gasteiger charge is -2.09. The minimum absolute atomic E-state index is 0.137. The van der Waals surface area contributed by atoms with Crippen molar-refractivity contribution in [2.75, 3.05) is 19.0 Å². The molecule has 0 aliphatic heterocycles. The van der Waals surface area contributed by atoms with E-state index in [-0.39, 0.29) is 31.3 Å². The molecule has 0 aromatic rings. The Morgan fingerprint density at radius 2 is 2.00 bits per heavy atom. The molecule has 0 heterocycles. The van der Waals surface area contributed by atoms with E-state index in [1.165, 1.54) is 0 Å². The standard InChI is InChI=1S/C8H19NO4S/c1-7(2)6-13-14(11,12)4-3-8(9)5-10/h7-8,10H,3-6,9H2,1-2H3. The van der Waals surface area contributed by atoms with E-state index in [2.05, 4.69) is 0 Å². The van der Waals surface area contributed by atoms with Crippen LogP contribution < -0.4 is 5.73 Å². The van der Waals surface area contributed by atoms with Gasteiger partial charge in [-0.2, -0.15) is 8.42 Å². The van der Waals surface area contributed by atoms with E-state index in [0.29, 0.717) is 0 Å². The molecular formula is C8H19NO4S. The molecule has 3 N–H and O–H groups in total. The number of hydrogen-bond donors (Lipinski definition) is 2. The molecule has 0 rings (SSSR count). The number of nitrogens with two attached hydrogens (primary N) is 1. The van der Waals surface area contributed by atoms with E-state index < -0.39 is 16.2 Å². The van der Waals surface area contributed by atoms with Crippen LogP contribution in [-0.4, -0.2) is 38.5 Å². The number of hydrogen-bond acceptors (Lipinski definition) is 5. The maximum Gasteiger partial charge on any atom is 0.267 e. The van der Waals surface area contributed by atoms with E-state index in [9.17, 15) is 8.42 Å². The molecule has 6 heteroatoms. The molecule has 86 valence electrons. The Bertz CT molecular complexity index is 238. The van der Waals surface area contributed by atoms with Crippen molar-refractivity contribution in [3.63, 3.8) is 0 Å². The van der Waals surface area contributed by atoms with Crippen molar-refractivity contribution in [3.05, 3.63) is 0 Å². The van der Waals surface area contributed by atoms with Crippen LogP contribution in [0.5, 0.6) is 0 Å². The first kappa shape index (κ1) is 13.8. The summed E-state index contributed by atoms with van der Waals surface area (Å²) in [6.07, 6.45) is 0.219. The predicted molar refractivity (Wildman–Crippen MR) is 54.3 cm³/mol. The average molecular weight is 225 g/mol. The zero-order valence-electron chi connectivity index (χ0n) is 8.64. The summed E-state index contributed by atoms with van der Waals surface area (Å²) < 4.78 is 27.1. The first-order valence-electron chi connectivity index (χ1n) is 4.61. The molecule has 1 unspecified atom stereocenters. The number of aliphatic hydroxyl groups excluding tert-OH is 1. The fourth-order valence-electron chi connectivity index (χ4n) is 0.686. The lowest BCUT2D eigenvalue weighted by atomic mass is 10.2. The molecule has 0 aromatic heterocycles. The van der Waals surface area contributed by atoms with Gasteiger partial charge in [0.1, 0.15) is 0 Å². The van der Waals surface area contributed by atoms with Crippen LogP contribution in [0.2, 0.25) is 0 Å². The first-order chi connectivity index (χ1) is 6.37. The smallest absolute Gasteiger partial charge is 0.267 e. The molecule has 0 amide bonds. The van der Waals surface area contributed by atoms with Crippen LogP contribution in [0, 0.1) is 5.92 Å². The van der Waals surface area contributed by atoms with E-state index in [1.54, 1.807) is 0 Å². The Morgan fingerprint density at radius 3 is 2.43 bits per heavy atom. The van der Waals surface area contributed by atoms with Crippen molar-refractivity contribution in [1.29, 1.82) is 0 Å². The molecule has 0 fully saturated rings. The van der Waals surface area contributed by atoms with Crippen LogP contribution in [-0.2, 0) is 14.3 Å². The minimum Gasteiger partial charge on any atom is -0.395 e. The SMILES string of the molecule is CC(C)COS(=O)(=O)CCC(N)CO. The quantitative estimate of drug-likeness (QED) is 0.580. The van der Waals surface area contributed by atoms with Crippen molar-refractivity contribution >= 4 is 10.1 Å². The van der Waals surface area contributed by atoms with Gasteiger partial charge in [-0.1, -0.05) is 13.8 Å². The van der Waals surface area contributed by atoms with Gasteiger partial charge in [0, 0.05) is 6.04 Å². The Kier molecular flexibility index (Phi) is 6.26. The second-order valence-electron chi connectivity index (χ2n) is 3.67. The van der Waals surface area contributed by atoms with Crippen molar-refractivity contribution in [2.45, 2.75) is 26.3 Å². The summed E-state index contributed by atoms with van der Waals surface area (Å²) in [5.74, 6) is 0.0397. The normalized spacial score (nSPS) is 14.6. The third-order valence-corrected chi connectivity index (χ3v) is 2.78. The molecule has 0 saturated heterocycles. The van der Waals surface area contributed by atoms with Gasteiger partial charge in [-0.05, 0) is 12.3 Å². The lowest BCUT2D eigenvalue weighted by molar-refractivity contribution is 0.257.